The maximum Gasteiger partial charge on any atom is 0.213 e. The summed E-state index contributed by atoms with van der Waals surface area (Å²) in [6, 6.07) is 145. The summed E-state index contributed by atoms with van der Waals surface area (Å²) in [6.45, 7) is 7.64. The third-order valence-electron chi connectivity index (χ3n) is 25.5. The number of nitrogens with zero attached hydrogens (tertiary/aromatic N) is 8. The molecule has 1 saturated carbocycles. The number of fused-ring (bicyclic) bond motifs is 9. The molecule has 0 spiro atoms. The van der Waals surface area contributed by atoms with Gasteiger partial charge in [0.15, 0.2) is 12.7 Å². The van der Waals surface area contributed by atoms with E-state index in [0.717, 1.165) is 153 Å². The van der Waals surface area contributed by atoms with E-state index in [1.54, 1.807) is 40.2 Å². The molecule has 11 aromatic carbocycles. The van der Waals surface area contributed by atoms with Crippen LogP contribution in [0, 0.1) is 67.7 Å². The van der Waals surface area contributed by atoms with Crippen LogP contribution in [-0.2, 0) is 125 Å². The van der Waals surface area contributed by atoms with Gasteiger partial charge in [-0.3, -0.25) is 0 Å². The Bertz CT molecular complexity index is 6920. The largest absolute Gasteiger partial charge is 0.372 e. The number of benzene rings is 11. The summed E-state index contributed by atoms with van der Waals surface area (Å²) in [5.41, 5.74) is 39.1. The Morgan fingerprint density at radius 3 is 1.54 bits per heavy atom. The molecule has 138 heavy (non-hydrogen) atoms. The van der Waals surface area contributed by atoms with Gasteiger partial charge in [-0.15, -0.1) is 239 Å². The second kappa shape index (κ2) is 50.1. The average molecular weight is 2320 g/mol. The fraction of sp³-hybridized carbons (Fsp3) is 0.165. The Morgan fingerprint density at radius 1 is 0.370 bits per heavy atom. The Balaban J connectivity index is 0.000000135. The van der Waals surface area contributed by atoms with Crippen molar-refractivity contribution in [3.8, 4) is 107 Å². The molecule has 0 N–H and O–H groups in total. The Labute approximate surface area is 856 Å². The van der Waals surface area contributed by atoms with Crippen LogP contribution in [-0.4, -0.2) is 29.9 Å². The normalized spacial score (nSPS) is 12.9. The van der Waals surface area contributed by atoms with Crippen LogP contribution in [0.2, 0.25) is 0 Å². The van der Waals surface area contributed by atoms with Crippen molar-refractivity contribution < 1.29 is 69.5 Å². The van der Waals surface area contributed by atoms with E-state index in [1.807, 2.05) is 242 Å². The number of aromatic nitrogens is 8. The van der Waals surface area contributed by atoms with Crippen LogP contribution in [0.15, 0.2) is 395 Å². The van der Waals surface area contributed by atoms with E-state index >= 15 is 0 Å². The molecule has 4 aliphatic rings. The van der Waals surface area contributed by atoms with Crippen molar-refractivity contribution in [2.75, 3.05) is 0 Å². The fourth-order valence-electron chi connectivity index (χ4n) is 18.5. The molecule has 0 saturated heterocycles. The Kier molecular flexibility index (Phi) is 35.9. The molecule has 689 valence electrons. The number of hydrogen-bond donors (Lipinski definition) is 0. The minimum Gasteiger partial charge on any atom is -0.372 e. The van der Waals surface area contributed by atoms with Crippen LogP contribution in [0.25, 0.3) is 107 Å². The standard InChI is InChI=1S/C45H35N3.C21H22N.C18H14N.C17H12N.C15H16N.C11H8N.3Ir/c1-4-12-40(13-5-1)44-27-22-37(33-46-44)20-25-39-24-19-36(18-17-35-11-10-16-43(32-35)48-29-8-3-9-30-48)31-42(39)26-21-38-23-28-45(47-34-38)41-14-6-2-7-15-41;1-2-4-14-9-19-17(7-13(14)3-1)11-22-12-20-16-6-5-15(8-16)18(20)10-21(19)22;1-14-7-5-6-10-17(14)16-11-12-18(19-13-16)15-8-3-2-4-9-15;1-2-7-14(8-3-1)15-9-6-10-16(13-15)17-11-4-5-12-18-17;1-12(2)11-14-9-6-10-15(16-14)13-7-4-3-5-8-13;1-2-6-10(7-3-1)11-8-4-5-9-12-11;;;/h1-12,14,19,22-24,27-29,31-32,34H,17-18,20-21,25-26H2;7,9-10,12,15-16H,1-6,8,11H2;2-8,10-13H,1H3;1-9,11-13H;3-7,9-10,12H,11H2,1-2H3;1-6,8-9H;;;/q-4;+1;4*-1;;;. The summed E-state index contributed by atoms with van der Waals surface area (Å²) < 4.78 is 4.52. The first-order valence-corrected chi connectivity index (χ1v) is 47.4. The Hall–Kier alpha value is -13.4. The van der Waals surface area contributed by atoms with Gasteiger partial charge in [0, 0.05) is 114 Å². The quantitative estimate of drug-likeness (QED) is 0.0558. The monoisotopic (exact) mass is 2320 g/mol. The van der Waals surface area contributed by atoms with Gasteiger partial charge in [0.2, 0.25) is 5.69 Å². The fourth-order valence-corrected chi connectivity index (χ4v) is 18.5. The molecule has 0 amide bonds. The molecule has 8 aromatic heterocycles. The Morgan fingerprint density at radius 2 is 0.928 bits per heavy atom. The van der Waals surface area contributed by atoms with Crippen LogP contribution in [0.5, 0.6) is 0 Å². The molecule has 2 unspecified atom stereocenters. The molecule has 11 heteroatoms. The summed E-state index contributed by atoms with van der Waals surface area (Å²) >= 11 is 0. The topological polar surface area (TPSA) is 85.1 Å². The van der Waals surface area contributed by atoms with Gasteiger partial charge in [-0.2, -0.15) is 34.4 Å². The van der Waals surface area contributed by atoms with Gasteiger partial charge in [-0.05, 0) is 240 Å². The molecule has 2 atom stereocenters. The smallest absolute Gasteiger partial charge is 0.213 e. The number of pyridine rings is 8. The van der Waals surface area contributed by atoms with Gasteiger partial charge in [-0.1, -0.05) is 166 Å². The van der Waals surface area contributed by atoms with Gasteiger partial charge in [0.25, 0.3) is 0 Å². The molecule has 1 fully saturated rings. The van der Waals surface area contributed by atoms with E-state index in [0.29, 0.717) is 5.92 Å². The third kappa shape index (κ3) is 26.5. The number of aryl methyl sites for hydroxylation is 9. The van der Waals surface area contributed by atoms with Crippen molar-refractivity contribution in [3.63, 3.8) is 0 Å². The van der Waals surface area contributed by atoms with Gasteiger partial charge in [0.1, 0.15) is 6.20 Å². The molecule has 23 rings (SSSR count). The first kappa shape index (κ1) is 99.1. The second-order valence-electron chi connectivity index (χ2n) is 35.3. The van der Waals surface area contributed by atoms with Crippen molar-refractivity contribution in [1.29, 1.82) is 0 Å². The maximum atomic E-state index is 4.75. The molecular formula is C127H107Ir3N8-7. The summed E-state index contributed by atoms with van der Waals surface area (Å²) in [5.74, 6) is 2.38. The average Bonchev–Trinajstić information content (AvgIpc) is 1.58. The summed E-state index contributed by atoms with van der Waals surface area (Å²) in [6.07, 6.45) is 34.9. The first-order chi connectivity index (χ1) is 66.6. The molecule has 8 nitrogen and oxygen atoms in total. The summed E-state index contributed by atoms with van der Waals surface area (Å²) in [5, 5.41) is 0. The summed E-state index contributed by atoms with van der Waals surface area (Å²) in [4.78, 5) is 27.1. The van der Waals surface area contributed by atoms with E-state index in [-0.39, 0.29) is 60.3 Å². The van der Waals surface area contributed by atoms with Crippen molar-refractivity contribution in [1.82, 2.24) is 29.9 Å². The minimum atomic E-state index is 0. The maximum absolute atomic E-state index is 4.75. The molecule has 1 aliphatic heterocycles. The van der Waals surface area contributed by atoms with Crippen molar-refractivity contribution >= 4 is 0 Å². The SMILES string of the molecule is CC(C)Cc1cccc(-c2[c-]cccc2)n1.Cc1ccccc1-c1ccc(-c2[c-]cccc2)nc1.[Ir].[Ir].[Ir].[c-]1ccc(-c2ccccc2)cc1-c1ccccn1.[c-]1ccccc1-c1ccccn1.[c-]1nc(-c2[c-]cccc2)ccc1CCc1ccc(CCc2cc[c-]c(-[n+]3[c-]cccc3)c2)cc1CCc1ccc(-c2[c-]cccc2)nc1.c1c2c(cc3c1C[n+]1cc4c(cc1-3)C1CCC4C1)CCCC2. The zero-order chi connectivity index (χ0) is 91.5. The van der Waals surface area contributed by atoms with E-state index in [4.69, 9.17) is 4.98 Å². The molecule has 9 heterocycles. The van der Waals surface area contributed by atoms with Crippen molar-refractivity contribution in [2.24, 2.45) is 5.92 Å². The van der Waals surface area contributed by atoms with Crippen LogP contribution in [0.4, 0.5) is 0 Å². The number of rotatable bonds is 20. The minimum absolute atomic E-state index is 0. The number of hydrogen-bond acceptors (Lipinski definition) is 6. The second-order valence-corrected chi connectivity index (χ2v) is 35.3. The molecular weight excluding hydrogens is 2210 g/mol. The van der Waals surface area contributed by atoms with Crippen LogP contribution in [0.3, 0.4) is 0 Å². The predicted molar refractivity (Wildman–Crippen MR) is 546 cm³/mol. The van der Waals surface area contributed by atoms with E-state index in [9.17, 15) is 0 Å². The zero-order valence-electron chi connectivity index (χ0n) is 77.9. The van der Waals surface area contributed by atoms with Gasteiger partial charge in [0.05, 0.1) is 11.8 Å². The van der Waals surface area contributed by atoms with E-state index in [1.165, 1.54) is 106 Å². The molecule has 3 aliphatic carbocycles. The third-order valence-corrected chi connectivity index (χ3v) is 25.5. The molecule has 19 aromatic rings. The molecule has 3 radical (unpaired) electrons. The summed E-state index contributed by atoms with van der Waals surface area (Å²) in [7, 11) is 0. The first-order valence-electron chi connectivity index (χ1n) is 47.4. The van der Waals surface area contributed by atoms with E-state index < -0.39 is 0 Å². The predicted octanol–water partition coefficient (Wildman–Crippen LogP) is 27.7. The van der Waals surface area contributed by atoms with Gasteiger partial charge >= 0.3 is 0 Å². The van der Waals surface area contributed by atoms with Gasteiger partial charge in [-0.25, -0.2) is 0 Å². The van der Waals surface area contributed by atoms with Crippen LogP contribution in [0.1, 0.15) is 130 Å². The van der Waals surface area contributed by atoms with Crippen molar-refractivity contribution in [3.05, 3.63) is 522 Å². The van der Waals surface area contributed by atoms with Crippen LogP contribution < -0.4 is 9.13 Å². The van der Waals surface area contributed by atoms with E-state index in [2.05, 4.69) is 251 Å². The zero-order valence-corrected chi connectivity index (χ0v) is 85.1. The van der Waals surface area contributed by atoms with Gasteiger partial charge < -0.3 is 34.5 Å². The van der Waals surface area contributed by atoms with Crippen molar-refractivity contribution in [2.45, 2.75) is 129 Å². The molecule has 2 bridgehead atoms. The van der Waals surface area contributed by atoms with Crippen LogP contribution >= 0.6 is 0 Å².